The summed E-state index contributed by atoms with van der Waals surface area (Å²) in [6.45, 7) is 4.58. The van der Waals surface area contributed by atoms with E-state index in [1.807, 2.05) is 13.8 Å². The molecule has 0 heterocycles. The van der Waals surface area contributed by atoms with E-state index in [2.05, 4.69) is 0 Å². The first-order valence-electron chi connectivity index (χ1n) is 5.83. The fraction of sp³-hybridized carbons (Fsp3) is 1.00. The first kappa shape index (κ1) is 15.0. The van der Waals surface area contributed by atoms with E-state index in [0.717, 1.165) is 12.8 Å². The van der Waals surface area contributed by atoms with Crippen LogP contribution in [0.4, 0.5) is 0 Å². The molecule has 0 bridgehead atoms. The van der Waals surface area contributed by atoms with Crippen LogP contribution in [0.1, 0.15) is 39.5 Å². The Morgan fingerprint density at radius 3 is 2.31 bits per heavy atom. The van der Waals surface area contributed by atoms with Crippen LogP contribution in [0, 0.1) is 0 Å². The number of rotatable bonds is 6. The Balaban J connectivity index is 2.55. The van der Waals surface area contributed by atoms with E-state index in [1.165, 1.54) is 12.8 Å². The maximum absolute atomic E-state index is 12.4. The van der Waals surface area contributed by atoms with Crippen molar-refractivity contribution < 1.29 is 13.6 Å². The van der Waals surface area contributed by atoms with Gasteiger partial charge in [-0.25, -0.2) is 0 Å². The zero-order valence-corrected chi connectivity index (χ0v) is 13.2. The SMILES string of the molecule is CCOP(=O)(OCC)[Se][C@H]1CCCC[C@@H]1Cl. The molecule has 0 N–H and O–H groups in total. The second kappa shape index (κ2) is 7.41. The van der Waals surface area contributed by atoms with Gasteiger partial charge < -0.3 is 0 Å². The quantitative estimate of drug-likeness (QED) is 0.421. The Labute approximate surface area is 109 Å². The van der Waals surface area contributed by atoms with E-state index in [1.54, 1.807) is 0 Å². The minimum atomic E-state index is -2.85. The number of halogens is 1. The average Bonchev–Trinajstić information content (AvgIpc) is 2.22. The summed E-state index contributed by atoms with van der Waals surface area (Å²) < 4.78 is 23.0. The summed E-state index contributed by atoms with van der Waals surface area (Å²) in [6.07, 6.45) is 1.63. The topological polar surface area (TPSA) is 35.5 Å². The Bertz CT molecular complexity index is 242. The van der Waals surface area contributed by atoms with Gasteiger partial charge in [0.15, 0.2) is 0 Å². The monoisotopic (exact) mass is 334 g/mol. The van der Waals surface area contributed by atoms with Crippen molar-refractivity contribution in [1.29, 1.82) is 0 Å². The molecule has 2 atom stereocenters. The molecule has 1 rings (SSSR count). The van der Waals surface area contributed by atoms with Crippen molar-refractivity contribution in [3.63, 3.8) is 0 Å². The van der Waals surface area contributed by atoms with Gasteiger partial charge in [-0.05, 0) is 0 Å². The summed E-state index contributed by atoms with van der Waals surface area (Å²) in [4.78, 5) is 0.340. The second-order valence-corrected chi connectivity index (χ2v) is 11.3. The molecule has 16 heavy (non-hydrogen) atoms. The van der Waals surface area contributed by atoms with Crippen molar-refractivity contribution in [3.05, 3.63) is 0 Å². The Morgan fingerprint density at radius 2 is 1.81 bits per heavy atom. The predicted molar refractivity (Wildman–Crippen MR) is 68.5 cm³/mol. The molecule has 6 heteroatoms. The third-order valence-corrected chi connectivity index (χ3v) is 10.8. The maximum atomic E-state index is 12.4. The molecule has 0 aromatic heterocycles. The Kier molecular flexibility index (Phi) is 6.95. The third-order valence-electron chi connectivity index (χ3n) is 2.46. The molecule has 0 saturated heterocycles. The van der Waals surface area contributed by atoms with Gasteiger partial charge in [-0.3, -0.25) is 0 Å². The Morgan fingerprint density at radius 1 is 1.25 bits per heavy atom. The molecule has 1 fully saturated rings. The second-order valence-electron chi connectivity index (χ2n) is 3.73. The van der Waals surface area contributed by atoms with Crippen LogP contribution in [-0.2, 0) is 13.6 Å². The van der Waals surface area contributed by atoms with Crippen molar-refractivity contribution in [1.82, 2.24) is 0 Å². The van der Waals surface area contributed by atoms with E-state index >= 15 is 0 Å². The van der Waals surface area contributed by atoms with E-state index in [4.69, 9.17) is 20.6 Å². The van der Waals surface area contributed by atoms with E-state index in [0.29, 0.717) is 18.0 Å². The predicted octanol–water partition coefficient (Wildman–Crippen LogP) is 3.84. The normalized spacial score (nSPS) is 26.9. The standard InChI is InChI=1S/C10H20ClO3PSe/c1-3-13-15(12,14-4-2)16-10-8-6-5-7-9(10)11/h9-10H,3-8H2,1-2H3/t9-,10-/m0/s1. The van der Waals surface area contributed by atoms with Gasteiger partial charge in [0.1, 0.15) is 0 Å². The molecule has 0 unspecified atom stereocenters. The molecule has 0 aliphatic heterocycles. The van der Waals surface area contributed by atoms with E-state index in [-0.39, 0.29) is 19.9 Å². The number of hydrogen-bond acceptors (Lipinski definition) is 3. The van der Waals surface area contributed by atoms with Crippen LogP contribution in [0.25, 0.3) is 0 Å². The fourth-order valence-corrected chi connectivity index (χ4v) is 10.5. The summed E-state index contributed by atoms with van der Waals surface area (Å²) in [6, 6.07) is 0. The van der Waals surface area contributed by atoms with Crippen molar-refractivity contribution in [2.24, 2.45) is 0 Å². The molecule has 0 spiro atoms. The van der Waals surface area contributed by atoms with Crippen LogP contribution < -0.4 is 0 Å². The van der Waals surface area contributed by atoms with Crippen LogP contribution in [-0.4, -0.2) is 33.1 Å². The molecule has 0 amide bonds. The molecule has 1 saturated carbocycles. The van der Waals surface area contributed by atoms with Gasteiger partial charge in [-0.2, -0.15) is 0 Å². The van der Waals surface area contributed by atoms with E-state index in [9.17, 15) is 4.57 Å². The zero-order valence-electron chi connectivity index (χ0n) is 9.86. The van der Waals surface area contributed by atoms with Gasteiger partial charge in [0.05, 0.1) is 0 Å². The molecule has 1 aliphatic rings. The third kappa shape index (κ3) is 4.68. The van der Waals surface area contributed by atoms with Gasteiger partial charge in [-0.1, -0.05) is 0 Å². The van der Waals surface area contributed by atoms with Gasteiger partial charge >= 0.3 is 109 Å². The zero-order chi connectivity index (χ0) is 12.0. The molecular formula is C10H20ClO3PSe. The van der Waals surface area contributed by atoms with Gasteiger partial charge in [0.25, 0.3) is 0 Å². The van der Waals surface area contributed by atoms with Crippen molar-refractivity contribution >= 4 is 32.4 Å². The molecule has 3 nitrogen and oxygen atoms in total. The van der Waals surface area contributed by atoms with Crippen LogP contribution in [0.15, 0.2) is 0 Å². The Hall–Kier alpha value is 0.959. The molecular weight excluding hydrogens is 313 g/mol. The minimum absolute atomic E-state index is 0.147. The van der Waals surface area contributed by atoms with Gasteiger partial charge in [0.2, 0.25) is 0 Å². The van der Waals surface area contributed by atoms with Crippen molar-refractivity contribution in [2.45, 2.75) is 49.7 Å². The van der Waals surface area contributed by atoms with Crippen molar-refractivity contribution in [3.8, 4) is 0 Å². The molecule has 0 radical (unpaired) electrons. The number of hydrogen-bond donors (Lipinski definition) is 0. The molecule has 0 aromatic carbocycles. The van der Waals surface area contributed by atoms with Gasteiger partial charge in [0, 0.05) is 0 Å². The van der Waals surface area contributed by atoms with Crippen LogP contribution in [0.3, 0.4) is 0 Å². The summed E-state index contributed by atoms with van der Waals surface area (Å²) in [5.41, 5.74) is 0. The summed E-state index contributed by atoms with van der Waals surface area (Å²) in [5, 5.41) is 0.156. The average molecular weight is 334 g/mol. The first-order valence-corrected chi connectivity index (χ1v) is 11.0. The van der Waals surface area contributed by atoms with Crippen molar-refractivity contribution in [2.75, 3.05) is 13.2 Å². The molecule has 1 aliphatic carbocycles. The van der Waals surface area contributed by atoms with Crippen LogP contribution in [0.2, 0.25) is 4.82 Å². The van der Waals surface area contributed by atoms with Gasteiger partial charge in [-0.15, -0.1) is 0 Å². The fourth-order valence-electron chi connectivity index (χ4n) is 1.75. The molecule has 96 valence electrons. The number of alkyl halides is 1. The first-order chi connectivity index (χ1) is 7.61. The van der Waals surface area contributed by atoms with E-state index < -0.39 is 6.29 Å². The van der Waals surface area contributed by atoms with Crippen LogP contribution in [0.5, 0.6) is 0 Å². The summed E-state index contributed by atoms with van der Waals surface area (Å²) >= 11 is 6.13. The van der Waals surface area contributed by atoms with Crippen LogP contribution >= 0.6 is 17.9 Å². The summed E-state index contributed by atoms with van der Waals surface area (Å²) in [7, 11) is 0. The summed E-state index contributed by atoms with van der Waals surface area (Å²) in [5.74, 6) is 0. The molecule has 0 aromatic rings.